The molecule has 0 spiro atoms. The first-order valence-electron chi connectivity index (χ1n) is 6.43. The number of rotatable bonds is 4. The number of nitrogens with zero attached hydrogens (tertiary/aromatic N) is 1. The summed E-state index contributed by atoms with van der Waals surface area (Å²) in [6.45, 7) is 2.54. The molecule has 2 aromatic rings. The van der Waals surface area contributed by atoms with E-state index in [-0.39, 0.29) is 6.04 Å². The molecule has 21 heavy (non-hydrogen) atoms. The van der Waals surface area contributed by atoms with Gasteiger partial charge in [-0.25, -0.2) is 0 Å². The standard InChI is InChI=1S/C15H14BrF3N2/c1-2-21-14(11-7-13(16)9-20-8-11)10-4-3-5-12(6-10)15(17,18)19/h3-9,14,21H,2H2,1H3. The minimum absolute atomic E-state index is 0.331. The van der Waals surface area contributed by atoms with E-state index in [4.69, 9.17) is 0 Å². The highest BCUT2D eigenvalue weighted by molar-refractivity contribution is 9.10. The Morgan fingerprint density at radius 1 is 1.19 bits per heavy atom. The van der Waals surface area contributed by atoms with Crippen LogP contribution in [0.25, 0.3) is 0 Å². The highest BCUT2D eigenvalue weighted by Gasteiger charge is 2.31. The van der Waals surface area contributed by atoms with Gasteiger partial charge in [0.1, 0.15) is 0 Å². The zero-order valence-electron chi connectivity index (χ0n) is 11.3. The fraction of sp³-hybridized carbons (Fsp3) is 0.267. The molecule has 0 saturated heterocycles. The van der Waals surface area contributed by atoms with Crippen molar-refractivity contribution < 1.29 is 13.2 Å². The third-order valence-electron chi connectivity index (χ3n) is 3.01. The van der Waals surface area contributed by atoms with Crippen LogP contribution in [0.4, 0.5) is 13.2 Å². The number of aromatic nitrogens is 1. The second kappa shape index (κ2) is 6.58. The van der Waals surface area contributed by atoms with Crippen LogP contribution in [0.2, 0.25) is 0 Å². The molecule has 0 fully saturated rings. The number of hydrogen-bond acceptors (Lipinski definition) is 2. The van der Waals surface area contributed by atoms with Gasteiger partial charge >= 0.3 is 6.18 Å². The van der Waals surface area contributed by atoms with Gasteiger partial charge in [-0.05, 0) is 51.8 Å². The molecule has 0 aliphatic heterocycles. The maximum atomic E-state index is 12.8. The molecule has 112 valence electrons. The van der Waals surface area contributed by atoms with Crippen LogP contribution in [0.5, 0.6) is 0 Å². The van der Waals surface area contributed by atoms with Gasteiger partial charge in [0.25, 0.3) is 0 Å². The fourth-order valence-electron chi connectivity index (χ4n) is 2.11. The van der Waals surface area contributed by atoms with Gasteiger partial charge in [0.2, 0.25) is 0 Å². The summed E-state index contributed by atoms with van der Waals surface area (Å²) in [5.74, 6) is 0. The first-order valence-corrected chi connectivity index (χ1v) is 7.22. The molecule has 2 rings (SSSR count). The van der Waals surface area contributed by atoms with E-state index in [0.29, 0.717) is 12.1 Å². The molecule has 0 amide bonds. The third-order valence-corrected chi connectivity index (χ3v) is 3.45. The first kappa shape index (κ1) is 16.0. The van der Waals surface area contributed by atoms with Crippen molar-refractivity contribution in [3.63, 3.8) is 0 Å². The van der Waals surface area contributed by atoms with Crippen LogP contribution in [0.3, 0.4) is 0 Å². The minimum atomic E-state index is -4.34. The van der Waals surface area contributed by atoms with Crippen LogP contribution in [-0.2, 0) is 6.18 Å². The summed E-state index contributed by atoms with van der Waals surface area (Å²) in [6, 6.07) is 6.88. The van der Waals surface area contributed by atoms with Gasteiger partial charge in [-0.2, -0.15) is 13.2 Å². The number of benzene rings is 1. The number of pyridine rings is 1. The largest absolute Gasteiger partial charge is 0.416 e. The Kier molecular flexibility index (Phi) is 5.00. The van der Waals surface area contributed by atoms with Crippen LogP contribution in [0.1, 0.15) is 29.7 Å². The third kappa shape index (κ3) is 4.04. The lowest BCUT2D eigenvalue weighted by atomic mass is 9.98. The van der Waals surface area contributed by atoms with Crippen molar-refractivity contribution in [2.45, 2.75) is 19.1 Å². The van der Waals surface area contributed by atoms with Crippen molar-refractivity contribution in [3.05, 3.63) is 63.9 Å². The second-order valence-corrected chi connectivity index (χ2v) is 5.47. The van der Waals surface area contributed by atoms with E-state index in [1.165, 1.54) is 12.1 Å². The number of nitrogens with one attached hydrogen (secondary N) is 1. The molecule has 1 unspecified atom stereocenters. The smallest absolute Gasteiger partial charge is 0.306 e. The summed E-state index contributed by atoms with van der Waals surface area (Å²) < 4.78 is 39.3. The summed E-state index contributed by atoms with van der Waals surface area (Å²) in [5, 5.41) is 3.19. The van der Waals surface area contributed by atoms with Gasteiger partial charge in [0.05, 0.1) is 11.6 Å². The Morgan fingerprint density at radius 2 is 1.95 bits per heavy atom. The molecule has 1 aromatic heterocycles. The molecule has 1 N–H and O–H groups in total. The highest BCUT2D eigenvalue weighted by Crippen LogP contribution is 2.32. The normalized spacial score (nSPS) is 13.2. The molecule has 0 aliphatic rings. The quantitative estimate of drug-likeness (QED) is 0.866. The zero-order valence-corrected chi connectivity index (χ0v) is 12.9. The van der Waals surface area contributed by atoms with Crippen molar-refractivity contribution >= 4 is 15.9 Å². The predicted molar refractivity (Wildman–Crippen MR) is 78.9 cm³/mol. The summed E-state index contributed by atoms with van der Waals surface area (Å²) in [6.07, 6.45) is -1.06. The van der Waals surface area contributed by atoms with Gasteiger partial charge in [0.15, 0.2) is 0 Å². The average Bonchev–Trinajstić information content (AvgIpc) is 2.44. The molecule has 2 nitrogen and oxygen atoms in total. The van der Waals surface area contributed by atoms with Gasteiger partial charge in [-0.1, -0.05) is 19.1 Å². The molecular formula is C15H14BrF3N2. The monoisotopic (exact) mass is 358 g/mol. The molecule has 1 aromatic carbocycles. The summed E-state index contributed by atoms with van der Waals surface area (Å²) in [5.41, 5.74) is 0.725. The topological polar surface area (TPSA) is 24.9 Å². The second-order valence-electron chi connectivity index (χ2n) is 4.55. The van der Waals surface area contributed by atoms with Crippen molar-refractivity contribution in [1.29, 1.82) is 0 Å². The van der Waals surface area contributed by atoms with E-state index >= 15 is 0 Å². The molecular weight excluding hydrogens is 345 g/mol. The van der Waals surface area contributed by atoms with Crippen molar-refractivity contribution in [3.8, 4) is 0 Å². The predicted octanol–water partition coefficient (Wildman–Crippen LogP) is 4.56. The van der Waals surface area contributed by atoms with Gasteiger partial charge in [-0.15, -0.1) is 0 Å². The van der Waals surface area contributed by atoms with E-state index in [1.807, 2.05) is 13.0 Å². The molecule has 1 atom stereocenters. The summed E-state index contributed by atoms with van der Waals surface area (Å²) in [7, 11) is 0. The molecule has 1 heterocycles. The molecule has 6 heteroatoms. The Balaban J connectivity index is 2.43. The van der Waals surface area contributed by atoms with Crippen molar-refractivity contribution in [2.75, 3.05) is 6.54 Å². The number of halogens is 4. The lowest BCUT2D eigenvalue weighted by Crippen LogP contribution is -2.22. The van der Waals surface area contributed by atoms with E-state index in [1.54, 1.807) is 18.5 Å². The Morgan fingerprint density at radius 3 is 2.57 bits per heavy atom. The van der Waals surface area contributed by atoms with E-state index < -0.39 is 11.7 Å². The van der Waals surface area contributed by atoms with Gasteiger partial charge in [0, 0.05) is 16.9 Å². The molecule has 0 saturated carbocycles. The Bertz CT molecular complexity index is 614. The van der Waals surface area contributed by atoms with Gasteiger partial charge in [-0.3, -0.25) is 4.98 Å². The summed E-state index contributed by atoms with van der Waals surface area (Å²) >= 11 is 3.33. The lowest BCUT2D eigenvalue weighted by Gasteiger charge is -2.20. The molecule has 0 bridgehead atoms. The van der Waals surface area contributed by atoms with Crippen LogP contribution in [0, 0.1) is 0 Å². The lowest BCUT2D eigenvalue weighted by molar-refractivity contribution is -0.137. The highest BCUT2D eigenvalue weighted by atomic mass is 79.9. The maximum Gasteiger partial charge on any atom is 0.416 e. The van der Waals surface area contributed by atoms with E-state index in [0.717, 1.165) is 16.1 Å². The van der Waals surface area contributed by atoms with Crippen LogP contribution in [0.15, 0.2) is 47.2 Å². The average molecular weight is 359 g/mol. The zero-order chi connectivity index (χ0) is 15.5. The minimum Gasteiger partial charge on any atom is -0.306 e. The number of alkyl halides is 3. The van der Waals surface area contributed by atoms with E-state index in [2.05, 4.69) is 26.2 Å². The SMILES string of the molecule is CCNC(c1cncc(Br)c1)c1cccc(C(F)(F)F)c1. The maximum absolute atomic E-state index is 12.8. The van der Waals surface area contributed by atoms with Gasteiger partial charge < -0.3 is 5.32 Å². The fourth-order valence-corrected chi connectivity index (χ4v) is 2.50. The van der Waals surface area contributed by atoms with Crippen LogP contribution in [-0.4, -0.2) is 11.5 Å². The first-order chi connectivity index (χ1) is 9.91. The van der Waals surface area contributed by atoms with Crippen molar-refractivity contribution in [1.82, 2.24) is 10.3 Å². The van der Waals surface area contributed by atoms with Crippen molar-refractivity contribution in [2.24, 2.45) is 0 Å². The molecule has 0 radical (unpaired) electrons. The van der Waals surface area contributed by atoms with E-state index in [9.17, 15) is 13.2 Å². The number of hydrogen-bond donors (Lipinski definition) is 1. The van der Waals surface area contributed by atoms with Crippen LogP contribution < -0.4 is 5.32 Å². The molecule has 0 aliphatic carbocycles. The van der Waals surface area contributed by atoms with Crippen LogP contribution >= 0.6 is 15.9 Å². The Hall–Kier alpha value is -1.40. The Labute approximate surface area is 129 Å². The summed E-state index contributed by atoms with van der Waals surface area (Å²) in [4.78, 5) is 4.07.